The summed E-state index contributed by atoms with van der Waals surface area (Å²) < 4.78 is 1.73. The standard InChI is InChI=1S/C21H27N5/c1-15(17-7-4-3-5-8-17)13-25-10-6-9-18(14-25)19-12-20(22)26-21(23-19)11-16(2)24-26/h3-5,7-8,11-12,15,18H,6,9-10,13-14,22H2,1-2H3/t15-,18+/m1/s1. The van der Waals surface area contributed by atoms with Gasteiger partial charge in [0.1, 0.15) is 5.82 Å². The zero-order chi connectivity index (χ0) is 18.1. The van der Waals surface area contributed by atoms with Crippen LogP contribution in [-0.2, 0) is 0 Å². The number of likely N-dealkylation sites (tertiary alicyclic amines) is 1. The lowest BCUT2D eigenvalue weighted by Gasteiger charge is -2.34. The molecule has 5 heteroatoms. The molecule has 0 saturated carbocycles. The lowest BCUT2D eigenvalue weighted by Crippen LogP contribution is -2.37. The van der Waals surface area contributed by atoms with Crippen LogP contribution in [0.3, 0.4) is 0 Å². The molecule has 4 rings (SSSR count). The number of nitrogen functional groups attached to an aromatic ring is 1. The Morgan fingerprint density at radius 2 is 2.04 bits per heavy atom. The van der Waals surface area contributed by atoms with Gasteiger partial charge in [-0.3, -0.25) is 0 Å². The van der Waals surface area contributed by atoms with Crippen LogP contribution in [-0.4, -0.2) is 39.1 Å². The zero-order valence-corrected chi connectivity index (χ0v) is 15.6. The number of fused-ring (bicyclic) bond motifs is 1. The van der Waals surface area contributed by atoms with Crippen molar-refractivity contribution in [3.63, 3.8) is 0 Å². The van der Waals surface area contributed by atoms with Crippen molar-refractivity contribution in [3.8, 4) is 0 Å². The summed E-state index contributed by atoms with van der Waals surface area (Å²) in [5.74, 6) is 1.65. The van der Waals surface area contributed by atoms with Gasteiger partial charge in [0.25, 0.3) is 0 Å². The molecule has 1 aliphatic heterocycles. The highest BCUT2D eigenvalue weighted by Gasteiger charge is 2.24. The molecular formula is C21H27N5. The van der Waals surface area contributed by atoms with Crippen molar-refractivity contribution in [1.82, 2.24) is 19.5 Å². The van der Waals surface area contributed by atoms with Gasteiger partial charge < -0.3 is 10.6 Å². The number of hydrogen-bond acceptors (Lipinski definition) is 4. The average Bonchev–Trinajstić information content (AvgIpc) is 3.03. The summed E-state index contributed by atoms with van der Waals surface area (Å²) in [6.45, 7) is 7.59. The lowest BCUT2D eigenvalue weighted by molar-refractivity contribution is 0.197. The Labute approximate surface area is 154 Å². The first-order chi connectivity index (χ1) is 12.6. The molecular weight excluding hydrogens is 322 g/mol. The van der Waals surface area contributed by atoms with Crippen molar-refractivity contribution >= 4 is 11.5 Å². The van der Waals surface area contributed by atoms with E-state index in [1.54, 1.807) is 4.52 Å². The maximum Gasteiger partial charge on any atom is 0.157 e. The second kappa shape index (κ2) is 7.08. The van der Waals surface area contributed by atoms with Gasteiger partial charge in [-0.25, -0.2) is 4.98 Å². The molecule has 1 aromatic carbocycles. The molecule has 2 aromatic heterocycles. The van der Waals surface area contributed by atoms with E-state index in [0.717, 1.165) is 36.7 Å². The van der Waals surface area contributed by atoms with E-state index in [4.69, 9.17) is 10.7 Å². The van der Waals surface area contributed by atoms with Crippen molar-refractivity contribution < 1.29 is 0 Å². The van der Waals surface area contributed by atoms with E-state index in [-0.39, 0.29) is 0 Å². The maximum atomic E-state index is 6.22. The SMILES string of the molecule is Cc1cc2nc([C@H]3CCCN(C[C@@H](C)c4ccccc4)C3)cc(N)n2n1. The average molecular weight is 349 g/mol. The van der Waals surface area contributed by atoms with Crippen LogP contribution in [0, 0.1) is 6.92 Å². The minimum atomic E-state index is 0.439. The van der Waals surface area contributed by atoms with Gasteiger partial charge in [-0.1, -0.05) is 37.3 Å². The van der Waals surface area contributed by atoms with Gasteiger partial charge in [-0.2, -0.15) is 9.61 Å². The molecule has 2 N–H and O–H groups in total. The zero-order valence-electron chi connectivity index (χ0n) is 15.6. The van der Waals surface area contributed by atoms with Crippen LogP contribution in [0.2, 0.25) is 0 Å². The van der Waals surface area contributed by atoms with Crippen LogP contribution in [0.15, 0.2) is 42.5 Å². The summed E-state index contributed by atoms with van der Waals surface area (Å²) in [4.78, 5) is 7.43. The lowest BCUT2D eigenvalue weighted by atomic mass is 9.92. The first-order valence-electron chi connectivity index (χ1n) is 9.50. The van der Waals surface area contributed by atoms with Gasteiger partial charge in [0.15, 0.2) is 5.65 Å². The Hall–Kier alpha value is -2.40. The Morgan fingerprint density at radius 3 is 2.85 bits per heavy atom. The highest BCUT2D eigenvalue weighted by molar-refractivity contribution is 5.48. The Kier molecular flexibility index (Phi) is 4.64. The summed E-state index contributed by atoms with van der Waals surface area (Å²) in [5.41, 5.74) is 10.5. The van der Waals surface area contributed by atoms with E-state index in [1.807, 2.05) is 19.1 Å². The van der Waals surface area contributed by atoms with Gasteiger partial charge in [0, 0.05) is 31.1 Å². The van der Waals surface area contributed by atoms with E-state index in [9.17, 15) is 0 Å². The molecule has 2 atom stereocenters. The molecule has 3 aromatic rings. The largest absolute Gasteiger partial charge is 0.384 e. The fraction of sp³-hybridized carbons (Fsp3) is 0.429. The molecule has 0 unspecified atom stereocenters. The minimum Gasteiger partial charge on any atom is -0.384 e. The Bertz CT molecular complexity index is 886. The molecule has 3 heterocycles. The number of nitrogens with two attached hydrogens (primary N) is 1. The van der Waals surface area contributed by atoms with Gasteiger partial charge in [0.2, 0.25) is 0 Å². The minimum absolute atomic E-state index is 0.439. The topological polar surface area (TPSA) is 59.5 Å². The number of anilines is 1. The summed E-state index contributed by atoms with van der Waals surface area (Å²) in [6, 6.07) is 14.8. The molecule has 0 amide bonds. The van der Waals surface area contributed by atoms with Crippen LogP contribution in [0.5, 0.6) is 0 Å². The second-order valence-corrected chi connectivity index (χ2v) is 7.57. The highest BCUT2D eigenvalue weighted by atomic mass is 15.3. The third-order valence-corrected chi connectivity index (χ3v) is 5.42. The molecule has 0 bridgehead atoms. The number of nitrogens with zero attached hydrogens (tertiary/aromatic N) is 4. The normalized spacial score (nSPS) is 19.7. The van der Waals surface area contributed by atoms with Crippen LogP contribution >= 0.6 is 0 Å². The van der Waals surface area contributed by atoms with Gasteiger partial charge in [0.05, 0.1) is 11.4 Å². The van der Waals surface area contributed by atoms with Crippen molar-refractivity contribution in [2.75, 3.05) is 25.4 Å². The first-order valence-corrected chi connectivity index (χ1v) is 9.50. The summed E-state index contributed by atoms with van der Waals surface area (Å²) >= 11 is 0. The number of aryl methyl sites for hydroxylation is 1. The molecule has 1 fully saturated rings. The molecule has 0 aliphatic carbocycles. The van der Waals surface area contributed by atoms with E-state index in [0.29, 0.717) is 17.7 Å². The highest BCUT2D eigenvalue weighted by Crippen LogP contribution is 2.29. The monoisotopic (exact) mass is 349 g/mol. The molecule has 136 valence electrons. The van der Waals surface area contributed by atoms with Gasteiger partial charge >= 0.3 is 0 Å². The van der Waals surface area contributed by atoms with Crippen molar-refractivity contribution in [2.24, 2.45) is 0 Å². The number of rotatable bonds is 4. The summed E-state index contributed by atoms with van der Waals surface area (Å²) in [6.07, 6.45) is 2.38. The van der Waals surface area contributed by atoms with Crippen LogP contribution < -0.4 is 5.73 Å². The number of aromatic nitrogens is 3. The second-order valence-electron chi connectivity index (χ2n) is 7.57. The summed E-state index contributed by atoms with van der Waals surface area (Å²) in [7, 11) is 0. The van der Waals surface area contributed by atoms with Crippen LogP contribution in [0.4, 0.5) is 5.82 Å². The van der Waals surface area contributed by atoms with Crippen LogP contribution in [0.1, 0.15) is 48.6 Å². The number of piperidine rings is 1. The quantitative estimate of drug-likeness (QED) is 0.782. The van der Waals surface area contributed by atoms with Crippen LogP contribution in [0.25, 0.3) is 5.65 Å². The first kappa shape index (κ1) is 17.0. The number of hydrogen-bond donors (Lipinski definition) is 1. The van der Waals surface area contributed by atoms with E-state index >= 15 is 0 Å². The molecule has 0 spiro atoms. The third kappa shape index (κ3) is 3.44. The van der Waals surface area contributed by atoms with Crippen molar-refractivity contribution in [2.45, 2.75) is 38.5 Å². The van der Waals surface area contributed by atoms with E-state index in [2.05, 4.69) is 47.3 Å². The Morgan fingerprint density at radius 1 is 1.23 bits per heavy atom. The van der Waals surface area contributed by atoms with Crippen molar-refractivity contribution in [3.05, 3.63) is 59.4 Å². The fourth-order valence-corrected chi connectivity index (χ4v) is 4.08. The maximum absolute atomic E-state index is 6.22. The predicted molar refractivity (Wildman–Crippen MR) is 105 cm³/mol. The fourth-order valence-electron chi connectivity index (χ4n) is 4.08. The molecule has 5 nitrogen and oxygen atoms in total. The molecule has 1 aliphatic rings. The van der Waals surface area contributed by atoms with Gasteiger partial charge in [-0.05, 0) is 37.8 Å². The van der Waals surface area contributed by atoms with Gasteiger partial charge in [-0.15, -0.1) is 0 Å². The Balaban J connectivity index is 1.50. The van der Waals surface area contributed by atoms with E-state index in [1.165, 1.54) is 18.4 Å². The van der Waals surface area contributed by atoms with E-state index < -0.39 is 0 Å². The molecule has 0 radical (unpaired) electrons. The molecule has 1 saturated heterocycles. The summed E-state index contributed by atoms with van der Waals surface area (Å²) in [5, 5.41) is 4.41. The third-order valence-electron chi connectivity index (χ3n) is 5.42. The molecule has 26 heavy (non-hydrogen) atoms. The van der Waals surface area contributed by atoms with Crippen molar-refractivity contribution in [1.29, 1.82) is 0 Å². The smallest absolute Gasteiger partial charge is 0.157 e. The predicted octanol–water partition coefficient (Wildman–Crippen LogP) is 3.60. The number of benzene rings is 1.